The number of nitrogens with zero attached hydrogens (tertiary/aromatic N) is 1. The van der Waals surface area contributed by atoms with Crippen molar-refractivity contribution in [2.75, 3.05) is 4.57 Å². The van der Waals surface area contributed by atoms with Gasteiger partial charge in [-0.3, -0.25) is 0 Å². The molecule has 0 aliphatic heterocycles. The lowest BCUT2D eigenvalue weighted by molar-refractivity contribution is 1.20. The summed E-state index contributed by atoms with van der Waals surface area (Å²) in [6, 6.07) is 4.88. The summed E-state index contributed by atoms with van der Waals surface area (Å²) in [5.41, 5.74) is 6.55. The zero-order valence-corrected chi connectivity index (χ0v) is 11.6. The third-order valence-corrected chi connectivity index (χ3v) is 3.75. The van der Waals surface area contributed by atoms with Crippen molar-refractivity contribution >= 4 is 16.1 Å². The first-order chi connectivity index (χ1) is 6.49. The summed E-state index contributed by atoms with van der Waals surface area (Å²) in [4.78, 5) is 0. The predicted octanol–water partition coefficient (Wildman–Crippen LogP) is 1.60. The molecule has 1 rings (SSSR count). The van der Waals surface area contributed by atoms with Gasteiger partial charge >= 0.3 is 0 Å². The number of benzene rings is 1. The highest BCUT2D eigenvalue weighted by Gasteiger charge is 2.08. The fourth-order valence-electron chi connectivity index (χ4n) is 1.61. The first-order valence-electron chi connectivity index (χ1n) is 4.76. The van der Waals surface area contributed by atoms with Gasteiger partial charge in [0, 0.05) is 5.69 Å². The smallest absolute Gasteiger partial charge is 0.125 e. The molecule has 2 heteroatoms. The Bertz CT molecular complexity index is 402. The summed E-state index contributed by atoms with van der Waals surface area (Å²) >= 11 is 0. The Balaban J connectivity index is 3.42. The SMILES string of the molecule is C#CN([SiH3])c1cc(C)c(C)c(C)c1C. The lowest BCUT2D eigenvalue weighted by atomic mass is 9.98. The molecule has 14 heavy (non-hydrogen) atoms. The average Bonchev–Trinajstić information content (AvgIpc) is 2.19. The van der Waals surface area contributed by atoms with Crippen molar-refractivity contribution in [1.29, 1.82) is 0 Å². The molecule has 0 aliphatic rings. The van der Waals surface area contributed by atoms with Crippen LogP contribution in [0.1, 0.15) is 22.3 Å². The second-order valence-corrected chi connectivity index (χ2v) is 4.67. The quantitative estimate of drug-likeness (QED) is 0.381. The fourth-order valence-corrected chi connectivity index (χ4v) is 2.07. The van der Waals surface area contributed by atoms with E-state index in [1.807, 2.05) is 4.57 Å². The van der Waals surface area contributed by atoms with Gasteiger partial charge in [0.25, 0.3) is 0 Å². The van der Waals surface area contributed by atoms with Crippen LogP contribution < -0.4 is 4.57 Å². The van der Waals surface area contributed by atoms with E-state index in [9.17, 15) is 0 Å². The van der Waals surface area contributed by atoms with Gasteiger partial charge in [-0.1, -0.05) is 6.42 Å². The summed E-state index contributed by atoms with van der Waals surface area (Å²) in [6.07, 6.45) is 5.42. The topological polar surface area (TPSA) is 3.24 Å². The van der Waals surface area contributed by atoms with Gasteiger partial charge in [-0.25, -0.2) is 0 Å². The molecule has 0 N–H and O–H groups in total. The van der Waals surface area contributed by atoms with E-state index in [0.717, 1.165) is 10.4 Å². The second kappa shape index (κ2) is 3.89. The number of hydrogen-bond donors (Lipinski definition) is 0. The highest BCUT2D eigenvalue weighted by atomic mass is 28.2. The molecule has 1 aromatic carbocycles. The van der Waals surface area contributed by atoms with Gasteiger partial charge in [0.2, 0.25) is 0 Å². The van der Waals surface area contributed by atoms with Crippen LogP contribution in [0.5, 0.6) is 0 Å². The molecule has 0 saturated carbocycles. The minimum atomic E-state index is 0.867. The maximum absolute atomic E-state index is 5.42. The molecular formula is C12H17NSi. The molecule has 0 aromatic heterocycles. The maximum atomic E-state index is 5.42. The van der Waals surface area contributed by atoms with Crippen LogP contribution in [0, 0.1) is 40.2 Å². The summed E-state index contributed by atoms with van der Waals surface area (Å²) < 4.78 is 1.97. The van der Waals surface area contributed by atoms with Gasteiger partial charge in [-0.05, 0) is 62.1 Å². The van der Waals surface area contributed by atoms with Crippen LogP contribution in [0.2, 0.25) is 0 Å². The monoisotopic (exact) mass is 203 g/mol. The van der Waals surface area contributed by atoms with E-state index < -0.39 is 0 Å². The zero-order valence-electron chi connectivity index (χ0n) is 9.60. The summed E-state index contributed by atoms with van der Waals surface area (Å²) in [5.74, 6) is 0. The Morgan fingerprint density at radius 1 is 1.14 bits per heavy atom. The van der Waals surface area contributed by atoms with Crippen molar-refractivity contribution in [3.63, 3.8) is 0 Å². The fraction of sp³-hybridized carbons (Fsp3) is 0.333. The first kappa shape index (κ1) is 10.9. The average molecular weight is 203 g/mol. The van der Waals surface area contributed by atoms with Crippen molar-refractivity contribution in [2.45, 2.75) is 27.7 Å². The molecule has 0 fully saturated rings. The Morgan fingerprint density at radius 3 is 2.21 bits per heavy atom. The Kier molecular flexibility index (Phi) is 3.02. The van der Waals surface area contributed by atoms with Crippen molar-refractivity contribution in [1.82, 2.24) is 0 Å². The van der Waals surface area contributed by atoms with Gasteiger partial charge in [0.05, 0.1) is 0 Å². The second-order valence-electron chi connectivity index (χ2n) is 3.78. The van der Waals surface area contributed by atoms with Gasteiger partial charge < -0.3 is 4.57 Å². The molecule has 0 bridgehead atoms. The van der Waals surface area contributed by atoms with Gasteiger partial charge in [-0.15, -0.1) is 0 Å². The van der Waals surface area contributed by atoms with Gasteiger partial charge in [0.1, 0.15) is 10.4 Å². The largest absolute Gasteiger partial charge is 0.340 e. The molecule has 0 heterocycles. The van der Waals surface area contributed by atoms with E-state index in [0.29, 0.717) is 0 Å². The predicted molar refractivity (Wildman–Crippen MR) is 66.6 cm³/mol. The zero-order chi connectivity index (χ0) is 10.9. The Morgan fingerprint density at radius 2 is 1.71 bits per heavy atom. The van der Waals surface area contributed by atoms with Crippen LogP contribution in [0.15, 0.2) is 6.07 Å². The van der Waals surface area contributed by atoms with Crippen molar-refractivity contribution in [3.05, 3.63) is 28.3 Å². The molecule has 0 spiro atoms. The minimum Gasteiger partial charge on any atom is -0.340 e. The van der Waals surface area contributed by atoms with E-state index >= 15 is 0 Å². The molecule has 0 unspecified atom stereocenters. The van der Waals surface area contributed by atoms with Crippen LogP contribution in [-0.4, -0.2) is 10.4 Å². The van der Waals surface area contributed by atoms with Crippen LogP contribution >= 0.6 is 0 Å². The molecule has 0 amide bonds. The number of terminal acetylenes is 1. The van der Waals surface area contributed by atoms with Crippen LogP contribution in [0.25, 0.3) is 0 Å². The minimum absolute atomic E-state index is 0.867. The van der Waals surface area contributed by atoms with Crippen molar-refractivity contribution < 1.29 is 0 Å². The van der Waals surface area contributed by atoms with E-state index in [2.05, 4.69) is 39.8 Å². The molecule has 1 nitrogen and oxygen atoms in total. The standard InChI is InChI=1S/C12H17NSi/c1-6-13(14)12-7-8(2)9(3)10(4)11(12)5/h1,7H,2-5,14H3. The molecule has 74 valence electrons. The highest BCUT2D eigenvalue weighted by Crippen LogP contribution is 2.26. The van der Waals surface area contributed by atoms with Gasteiger partial charge in [-0.2, -0.15) is 0 Å². The molecule has 0 saturated heterocycles. The third-order valence-electron chi connectivity index (χ3n) is 3.01. The summed E-state index contributed by atoms with van der Waals surface area (Å²) in [6.45, 7) is 8.60. The van der Waals surface area contributed by atoms with E-state index in [4.69, 9.17) is 6.42 Å². The summed E-state index contributed by atoms with van der Waals surface area (Å²) in [7, 11) is 0.867. The third kappa shape index (κ3) is 1.69. The van der Waals surface area contributed by atoms with E-state index in [1.54, 1.807) is 0 Å². The number of aryl methyl sites for hydroxylation is 1. The Labute approximate surface area is 89.6 Å². The normalized spacial score (nSPS) is 9.93. The van der Waals surface area contributed by atoms with Crippen molar-refractivity contribution in [3.8, 4) is 12.5 Å². The van der Waals surface area contributed by atoms with Crippen LogP contribution in [0.4, 0.5) is 5.69 Å². The molecular weight excluding hydrogens is 186 g/mol. The van der Waals surface area contributed by atoms with E-state index in [1.165, 1.54) is 27.9 Å². The number of rotatable bonds is 1. The molecule has 0 radical (unpaired) electrons. The highest BCUT2D eigenvalue weighted by molar-refractivity contribution is 6.20. The van der Waals surface area contributed by atoms with Gasteiger partial charge in [0.15, 0.2) is 0 Å². The number of anilines is 1. The maximum Gasteiger partial charge on any atom is 0.125 e. The summed E-state index contributed by atoms with van der Waals surface area (Å²) in [5, 5.41) is 0. The molecule has 0 atom stereocenters. The van der Waals surface area contributed by atoms with Crippen LogP contribution in [-0.2, 0) is 0 Å². The molecule has 1 aromatic rings. The van der Waals surface area contributed by atoms with Crippen molar-refractivity contribution in [2.24, 2.45) is 0 Å². The first-order valence-corrected chi connectivity index (χ1v) is 5.65. The Hall–Kier alpha value is -1.20. The van der Waals surface area contributed by atoms with Crippen LogP contribution in [0.3, 0.4) is 0 Å². The lowest BCUT2D eigenvalue weighted by Gasteiger charge is -2.19. The lowest BCUT2D eigenvalue weighted by Crippen LogP contribution is -2.13. The van der Waals surface area contributed by atoms with E-state index in [-0.39, 0.29) is 0 Å². The molecule has 0 aliphatic carbocycles. The number of hydrogen-bond acceptors (Lipinski definition) is 1.